The molecule has 1 saturated heterocycles. The standard InChI is InChI=1S/C5H11N.C3H7FO/c1-6-4-2-3-5-6;1-5-3-2-4/h2-5H2,1H3;2-3H2,1H3. The molecular formula is C8H18FNO. The van der Waals surface area contributed by atoms with Gasteiger partial charge in [-0.05, 0) is 33.0 Å². The van der Waals surface area contributed by atoms with Crippen LogP contribution in [0.4, 0.5) is 4.39 Å². The fourth-order valence-corrected chi connectivity index (χ4v) is 0.952. The highest BCUT2D eigenvalue weighted by molar-refractivity contribution is 4.59. The lowest BCUT2D eigenvalue weighted by Gasteiger charge is -2.01. The van der Waals surface area contributed by atoms with Gasteiger partial charge in [-0.2, -0.15) is 0 Å². The Morgan fingerprint density at radius 3 is 2.00 bits per heavy atom. The Balaban J connectivity index is 0.000000187. The lowest BCUT2D eigenvalue weighted by molar-refractivity contribution is 0.175. The molecule has 1 aliphatic heterocycles. The molecule has 1 aliphatic rings. The van der Waals surface area contributed by atoms with Crippen LogP contribution in [-0.4, -0.2) is 45.4 Å². The number of alkyl halides is 1. The first kappa shape index (κ1) is 10.8. The fourth-order valence-electron chi connectivity index (χ4n) is 0.952. The summed E-state index contributed by atoms with van der Waals surface area (Å²) < 4.78 is 15.2. The Morgan fingerprint density at radius 2 is 1.91 bits per heavy atom. The van der Waals surface area contributed by atoms with E-state index in [9.17, 15) is 4.39 Å². The molecule has 0 bridgehead atoms. The van der Waals surface area contributed by atoms with Gasteiger partial charge in [-0.3, -0.25) is 0 Å². The number of hydrogen-bond acceptors (Lipinski definition) is 2. The molecule has 1 rings (SSSR count). The fraction of sp³-hybridized carbons (Fsp3) is 1.00. The zero-order chi connectivity index (χ0) is 8.53. The van der Waals surface area contributed by atoms with Crippen molar-refractivity contribution in [1.82, 2.24) is 4.90 Å². The number of nitrogens with zero attached hydrogens (tertiary/aromatic N) is 1. The summed E-state index contributed by atoms with van der Waals surface area (Å²) in [5, 5.41) is 0. The van der Waals surface area contributed by atoms with Crippen molar-refractivity contribution in [3.05, 3.63) is 0 Å². The first-order chi connectivity index (χ1) is 5.31. The number of halogens is 1. The van der Waals surface area contributed by atoms with E-state index >= 15 is 0 Å². The predicted octanol–water partition coefficient (Wildman–Crippen LogP) is 1.31. The lowest BCUT2D eigenvalue weighted by atomic mass is 10.4. The molecule has 0 aromatic heterocycles. The molecule has 11 heavy (non-hydrogen) atoms. The van der Waals surface area contributed by atoms with Gasteiger partial charge in [0.1, 0.15) is 6.67 Å². The number of hydrogen-bond donors (Lipinski definition) is 0. The third kappa shape index (κ3) is 7.75. The van der Waals surface area contributed by atoms with Gasteiger partial charge in [0.25, 0.3) is 0 Å². The maximum Gasteiger partial charge on any atom is 0.113 e. The van der Waals surface area contributed by atoms with Crippen molar-refractivity contribution in [2.45, 2.75) is 12.8 Å². The van der Waals surface area contributed by atoms with Crippen LogP contribution in [0.3, 0.4) is 0 Å². The molecule has 2 nitrogen and oxygen atoms in total. The van der Waals surface area contributed by atoms with Gasteiger partial charge in [0.05, 0.1) is 6.61 Å². The Bertz CT molecular complexity index is 72.5. The summed E-state index contributed by atoms with van der Waals surface area (Å²) in [5.41, 5.74) is 0. The summed E-state index contributed by atoms with van der Waals surface area (Å²) in [7, 11) is 3.65. The predicted molar refractivity (Wildman–Crippen MR) is 44.6 cm³/mol. The Morgan fingerprint density at radius 1 is 1.36 bits per heavy atom. The molecule has 68 valence electrons. The van der Waals surface area contributed by atoms with Crippen LogP contribution in [0.15, 0.2) is 0 Å². The van der Waals surface area contributed by atoms with Crippen LogP contribution < -0.4 is 0 Å². The Hall–Kier alpha value is -0.150. The summed E-state index contributed by atoms with van der Waals surface area (Å²) in [5.74, 6) is 0. The molecule has 0 radical (unpaired) electrons. The number of likely N-dealkylation sites (tertiary alicyclic amines) is 1. The highest BCUT2D eigenvalue weighted by Crippen LogP contribution is 2.01. The van der Waals surface area contributed by atoms with Gasteiger partial charge in [-0.15, -0.1) is 0 Å². The average Bonchev–Trinajstić information content (AvgIpc) is 2.43. The maximum atomic E-state index is 10.9. The second-order valence-electron chi connectivity index (χ2n) is 2.69. The second-order valence-corrected chi connectivity index (χ2v) is 2.69. The van der Waals surface area contributed by atoms with E-state index in [1.54, 1.807) is 0 Å². The largest absolute Gasteiger partial charge is 0.382 e. The summed E-state index contributed by atoms with van der Waals surface area (Å²) in [6, 6.07) is 0. The topological polar surface area (TPSA) is 12.5 Å². The monoisotopic (exact) mass is 163 g/mol. The van der Waals surface area contributed by atoms with Gasteiger partial charge in [-0.1, -0.05) is 0 Å². The molecule has 0 aromatic rings. The van der Waals surface area contributed by atoms with Gasteiger partial charge in [0.15, 0.2) is 0 Å². The van der Waals surface area contributed by atoms with E-state index in [0.717, 1.165) is 0 Å². The molecule has 0 amide bonds. The minimum atomic E-state index is -0.378. The van der Waals surface area contributed by atoms with Gasteiger partial charge >= 0.3 is 0 Å². The first-order valence-corrected chi connectivity index (χ1v) is 4.04. The van der Waals surface area contributed by atoms with Crippen molar-refractivity contribution in [3.8, 4) is 0 Å². The van der Waals surface area contributed by atoms with Crippen molar-refractivity contribution in [1.29, 1.82) is 0 Å². The highest BCUT2D eigenvalue weighted by Gasteiger charge is 2.03. The van der Waals surface area contributed by atoms with Crippen molar-refractivity contribution < 1.29 is 9.13 Å². The van der Waals surface area contributed by atoms with Gasteiger partial charge < -0.3 is 9.64 Å². The molecule has 0 saturated carbocycles. The lowest BCUT2D eigenvalue weighted by Crippen LogP contribution is -2.10. The molecule has 3 heteroatoms. The zero-order valence-electron chi connectivity index (χ0n) is 7.48. The molecule has 0 aliphatic carbocycles. The van der Waals surface area contributed by atoms with Gasteiger partial charge in [0.2, 0.25) is 0 Å². The third-order valence-electron chi connectivity index (χ3n) is 1.61. The minimum absolute atomic E-state index is 0.222. The van der Waals surface area contributed by atoms with Crippen molar-refractivity contribution in [2.24, 2.45) is 0 Å². The smallest absolute Gasteiger partial charge is 0.113 e. The molecule has 0 atom stereocenters. The van der Waals surface area contributed by atoms with Crippen LogP contribution in [0.2, 0.25) is 0 Å². The maximum absolute atomic E-state index is 10.9. The summed E-state index contributed by atoms with van der Waals surface area (Å²) in [4.78, 5) is 2.36. The second kappa shape index (κ2) is 7.95. The zero-order valence-corrected chi connectivity index (χ0v) is 7.48. The molecule has 1 fully saturated rings. The summed E-state index contributed by atoms with van der Waals surface area (Å²) in [6.07, 6.45) is 2.83. The SMILES string of the molecule is CN1CCCC1.COCCF. The molecule has 0 spiro atoms. The van der Waals surface area contributed by atoms with Crippen LogP contribution >= 0.6 is 0 Å². The molecular weight excluding hydrogens is 145 g/mol. The third-order valence-corrected chi connectivity index (χ3v) is 1.61. The average molecular weight is 163 g/mol. The van der Waals surface area contributed by atoms with Crippen molar-refractivity contribution in [3.63, 3.8) is 0 Å². The van der Waals surface area contributed by atoms with Crippen LogP contribution in [0.1, 0.15) is 12.8 Å². The van der Waals surface area contributed by atoms with E-state index in [4.69, 9.17) is 0 Å². The Kier molecular flexibility index (Phi) is 7.84. The molecule has 0 aromatic carbocycles. The van der Waals surface area contributed by atoms with Gasteiger partial charge in [0, 0.05) is 7.11 Å². The van der Waals surface area contributed by atoms with Gasteiger partial charge in [-0.25, -0.2) is 4.39 Å². The summed E-state index contributed by atoms with van der Waals surface area (Å²) in [6.45, 7) is 2.48. The van der Waals surface area contributed by atoms with Crippen LogP contribution in [0, 0.1) is 0 Å². The van der Waals surface area contributed by atoms with E-state index in [0.29, 0.717) is 0 Å². The van der Waals surface area contributed by atoms with E-state index < -0.39 is 0 Å². The number of ether oxygens (including phenoxy) is 1. The summed E-state index contributed by atoms with van der Waals surface area (Å²) >= 11 is 0. The normalized spacial score (nSPS) is 17.7. The van der Waals surface area contributed by atoms with E-state index in [-0.39, 0.29) is 13.3 Å². The van der Waals surface area contributed by atoms with E-state index in [1.165, 1.54) is 33.0 Å². The Labute approximate surface area is 68.3 Å². The van der Waals surface area contributed by atoms with Crippen LogP contribution in [0.25, 0.3) is 0 Å². The highest BCUT2D eigenvalue weighted by atomic mass is 19.1. The quantitative estimate of drug-likeness (QED) is 0.608. The molecule has 0 unspecified atom stereocenters. The first-order valence-electron chi connectivity index (χ1n) is 4.04. The van der Waals surface area contributed by atoms with Crippen molar-refractivity contribution >= 4 is 0 Å². The minimum Gasteiger partial charge on any atom is -0.382 e. The number of rotatable bonds is 2. The van der Waals surface area contributed by atoms with Crippen LogP contribution in [-0.2, 0) is 4.74 Å². The number of methoxy groups -OCH3 is 1. The molecule has 0 N–H and O–H groups in total. The molecule has 1 heterocycles. The van der Waals surface area contributed by atoms with Crippen LogP contribution in [0.5, 0.6) is 0 Å². The van der Waals surface area contributed by atoms with Crippen molar-refractivity contribution in [2.75, 3.05) is 40.5 Å². The van der Waals surface area contributed by atoms with E-state index in [1.807, 2.05) is 0 Å². The van der Waals surface area contributed by atoms with E-state index in [2.05, 4.69) is 16.7 Å².